The van der Waals surface area contributed by atoms with E-state index in [9.17, 15) is 4.79 Å². The van der Waals surface area contributed by atoms with Gasteiger partial charge in [-0.3, -0.25) is 4.79 Å². The highest BCUT2D eigenvalue weighted by Gasteiger charge is 2.47. The summed E-state index contributed by atoms with van der Waals surface area (Å²) in [6, 6.07) is 5.99. The van der Waals surface area contributed by atoms with Crippen molar-refractivity contribution in [2.45, 2.75) is 24.8 Å². The molecule has 1 saturated heterocycles. The molecule has 5 heteroatoms. The van der Waals surface area contributed by atoms with Gasteiger partial charge in [-0.1, -0.05) is 35.3 Å². The molecule has 3 atom stereocenters. The lowest BCUT2D eigenvalue weighted by Crippen LogP contribution is -2.39. The van der Waals surface area contributed by atoms with Crippen LogP contribution in [-0.2, 0) is 4.79 Å². The van der Waals surface area contributed by atoms with Gasteiger partial charge in [0.1, 0.15) is 0 Å². The van der Waals surface area contributed by atoms with Crippen LogP contribution in [0.2, 0.25) is 10.0 Å². The van der Waals surface area contributed by atoms with E-state index in [1.807, 2.05) is 24.1 Å². The van der Waals surface area contributed by atoms with Gasteiger partial charge in [0.15, 0.2) is 0 Å². The van der Waals surface area contributed by atoms with Crippen LogP contribution < -0.4 is 5.32 Å². The van der Waals surface area contributed by atoms with Crippen molar-refractivity contribution in [3.63, 3.8) is 0 Å². The highest BCUT2D eigenvalue weighted by atomic mass is 35.5. The third-order valence-corrected chi connectivity index (χ3v) is 5.25. The molecule has 1 N–H and O–H groups in total. The molecule has 0 radical (unpaired) electrons. The topological polar surface area (TPSA) is 32.3 Å². The highest BCUT2D eigenvalue weighted by molar-refractivity contribution is 6.42. The van der Waals surface area contributed by atoms with Gasteiger partial charge in [-0.2, -0.15) is 0 Å². The van der Waals surface area contributed by atoms with Crippen LogP contribution in [0.1, 0.15) is 24.3 Å². The first-order valence-electron chi connectivity index (χ1n) is 7.01. The predicted molar refractivity (Wildman–Crippen MR) is 81.4 cm³/mol. The van der Waals surface area contributed by atoms with Crippen LogP contribution in [0.25, 0.3) is 0 Å². The number of benzene rings is 1. The van der Waals surface area contributed by atoms with Crippen molar-refractivity contribution < 1.29 is 4.79 Å². The Kier molecular flexibility index (Phi) is 3.93. The van der Waals surface area contributed by atoms with E-state index in [0.29, 0.717) is 16.1 Å². The lowest BCUT2D eigenvalue weighted by atomic mass is 10.1. The molecule has 3 unspecified atom stereocenters. The molecule has 1 amide bonds. The monoisotopic (exact) mass is 312 g/mol. The number of amides is 1. The van der Waals surface area contributed by atoms with E-state index in [1.165, 1.54) is 0 Å². The maximum atomic E-state index is 12.5. The summed E-state index contributed by atoms with van der Waals surface area (Å²) in [5.41, 5.74) is 1.01. The molecule has 0 spiro atoms. The van der Waals surface area contributed by atoms with Crippen molar-refractivity contribution in [1.29, 1.82) is 0 Å². The molecule has 1 saturated carbocycles. The molecule has 1 aliphatic heterocycles. The molecule has 2 aliphatic rings. The van der Waals surface area contributed by atoms with Gasteiger partial charge in [0.05, 0.1) is 10.0 Å². The standard InChI is InChI=1S/C15H18Cl2N2O/c1-19(9-5-6-18-8-9)15(20)12-7-11(12)10-3-2-4-13(16)14(10)17/h2-4,9,11-12,18H,5-8H2,1H3. The lowest BCUT2D eigenvalue weighted by molar-refractivity contribution is -0.133. The molecule has 2 fully saturated rings. The maximum Gasteiger partial charge on any atom is 0.226 e. The number of halogens is 2. The molecule has 1 aliphatic carbocycles. The minimum Gasteiger partial charge on any atom is -0.341 e. The van der Waals surface area contributed by atoms with Gasteiger partial charge in [-0.25, -0.2) is 0 Å². The molecular formula is C15H18Cl2N2O. The molecule has 0 aromatic heterocycles. The van der Waals surface area contributed by atoms with Crippen molar-refractivity contribution in [3.05, 3.63) is 33.8 Å². The van der Waals surface area contributed by atoms with Crippen LogP contribution in [0.5, 0.6) is 0 Å². The molecular weight excluding hydrogens is 295 g/mol. The predicted octanol–water partition coefficient (Wildman–Crippen LogP) is 2.92. The van der Waals surface area contributed by atoms with Crippen LogP contribution >= 0.6 is 23.2 Å². The van der Waals surface area contributed by atoms with Gasteiger partial charge in [0, 0.05) is 25.6 Å². The van der Waals surface area contributed by atoms with E-state index in [2.05, 4.69) is 5.32 Å². The number of rotatable bonds is 3. The number of nitrogens with one attached hydrogen (secondary N) is 1. The molecule has 0 bridgehead atoms. The summed E-state index contributed by atoms with van der Waals surface area (Å²) in [5.74, 6) is 0.529. The molecule has 108 valence electrons. The van der Waals surface area contributed by atoms with Crippen molar-refractivity contribution in [2.24, 2.45) is 5.92 Å². The minimum absolute atomic E-state index is 0.0663. The Labute approximate surface area is 129 Å². The normalized spacial score (nSPS) is 28.4. The molecule has 1 aromatic carbocycles. The number of nitrogens with zero attached hydrogens (tertiary/aromatic N) is 1. The average Bonchev–Trinajstić information content (AvgIpc) is 3.04. The fourth-order valence-electron chi connectivity index (χ4n) is 3.03. The Morgan fingerprint density at radius 1 is 1.40 bits per heavy atom. The Morgan fingerprint density at radius 3 is 2.90 bits per heavy atom. The summed E-state index contributed by atoms with van der Waals surface area (Å²) in [6.45, 7) is 1.90. The zero-order valence-electron chi connectivity index (χ0n) is 11.4. The number of hydrogen-bond acceptors (Lipinski definition) is 2. The Balaban J connectivity index is 1.69. The van der Waals surface area contributed by atoms with Gasteiger partial charge >= 0.3 is 0 Å². The van der Waals surface area contributed by atoms with Crippen LogP contribution in [0.4, 0.5) is 0 Å². The third kappa shape index (κ3) is 2.54. The quantitative estimate of drug-likeness (QED) is 0.930. The van der Waals surface area contributed by atoms with Crippen molar-refractivity contribution in [1.82, 2.24) is 10.2 Å². The third-order valence-electron chi connectivity index (χ3n) is 4.42. The summed E-state index contributed by atoms with van der Waals surface area (Å²) in [4.78, 5) is 14.4. The summed E-state index contributed by atoms with van der Waals surface area (Å²) < 4.78 is 0. The minimum atomic E-state index is 0.0663. The fourth-order valence-corrected chi connectivity index (χ4v) is 3.48. The van der Waals surface area contributed by atoms with E-state index in [0.717, 1.165) is 31.5 Å². The van der Waals surface area contributed by atoms with Crippen molar-refractivity contribution in [2.75, 3.05) is 20.1 Å². The first-order chi connectivity index (χ1) is 9.59. The number of likely N-dealkylation sites (N-methyl/N-ethyl adjacent to an activating group) is 1. The van der Waals surface area contributed by atoms with Crippen LogP contribution in [0.3, 0.4) is 0 Å². The number of hydrogen-bond donors (Lipinski definition) is 1. The Bertz CT molecular complexity index is 529. The summed E-state index contributed by atoms with van der Waals surface area (Å²) in [7, 11) is 1.91. The summed E-state index contributed by atoms with van der Waals surface area (Å²) in [6.07, 6.45) is 1.92. The van der Waals surface area contributed by atoms with Crippen LogP contribution in [0.15, 0.2) is 18.2 Å². The highest BCUT2D eigenvalue weighted by Crippen LogP contribution is 2.51. The second-order valence-corrected chi connectivity index (χ2v) is 6.47. The zero-order valence-corrected chi connectivity index (χ0v) is 12.9. The number of carbonyl (C=O) groups excluding carboxylic acids is 1. The van der Waals surface area contributed by atoms with Crippen LogP contribution in [0, 0.1) is 5.92 Å². The van der Waals surface area contributed by atoms with E-state index in [1.54, 1.807) is 6.07 Å². The van der Waals surface area contributed by atoms with E-state index in [-0.39, 0.29) is 17.7 Å². The first-order valence-corrected chi connectivity index (χ1v) is 7.76. The largest absolute Gasteiger partial charge is 0.341 e. The molecule has 20 heavy (non-hydrogen) atoms. The average molecular weight is 313 g/mol. The van der Waals surface area contributed by atoms with Gasteiger partial charge < -0.3 is 10.2 Å². The maximum absolute atomic E-state index is 12.5. The van der Waals surface area contributed by atoms with E-state index < -0.39 is 0 Å². The van der Waals surface area contributed by atoms with Gasteiger partial charge in [-0.05, 0) is 36.9 Å². The number of carbonyl (C=O) groups is 1. The second kappa shape index (κ2) is 5.55. The first kappa shape index (κ1) is 14.2. The fraction of sp³-hybridized carbons (Fsp3) is 0.533. The van der Waals surface area contributed by atoms with Gasteiger partial charge in [-0.15, -0.1) is 0 Å². The van der Waals surface area contributed by atoms with Gasteiger partial charge in [0.2, 0.25) is 5.91 Å². The van der Waals surface area contributed by atoms with E-state index in [4.69, 9.17) is 23.2 Å². The second-order valence-electron chi connectivity index (χ2n) is 5.69. The van der Waals surface area contributed by atoms with E-state index >= 15 is 0 Å². The lowest BCUT2D eigenvalue weighted by Gasteiger charge is -2.24. The van der Waals surface area contributed by atoms with Crippen molar-refractivity contribution >= 4 is 29.1 Å². The van der Waals surface area contributed by atoms with Gasteiger partial charge in [0.25, 0.3) is 0 Å². The molecule has 3 nitrogen and oxygen atoms in total. The van der Waals surface area contributed by atoms with Crippen LogP contribution in [-0.4, -0.2) is 37.0 Å². The smallest absolute Gasteiger partial charge is 0.226 e. The molecule has 3 rings (SSSR count). The summed E-state index contributed by atoms with van der Waals surface area (Å²) >= 11 is 12.3. The Morgan fingerprint density at radius 2 is 2.20 bits per heavy atom. The zero-order chi connectivity index (χ0) is 14.3. The SMILES string of the molecule is CN(C(=O)C1CC1c1cccc(Cl)c1Cl)C1CCNC1. The Hall–Kier alpha value is -0.770. The molecule has 1 aromatic rings. The van der Waals surface area contributed by atoms with Crippen molar-refractivity contribution in [3.8, 4) is 0 Å². The molecule has 1 heterocycles. The summed E-state index contributed by atoms with van der Waals surface area (Å²) in [5, 5.41) is 4.46.